The Morgan fingerprint density at radius 1 is 1.07 bits per heavy atom. The summed E-state index contributed by atoms with van der Waals surface area (Å²) in [4.78, 5) is 15.0. The van der Waals surface area contributed by atoms with E-state index in [0.717, 1.165) is 52.3 Å². The van der Waals surface area contributed by atoms with Crippen molar-refractivity contribution in [3.05, 3.63) is 65.3 Å². The maximum Gasteiger partial charge on any atom is 0.161 e. The van der Waals surface area contributed by atoms with Crippen molar-refractivity contribution in [1.82, 2.24) is 29.6 Å². The second kappa shape index (κ2) is 13.1. The van der Waals surface area contributed by atoms with E-state index in [-0.39, 0.29) is 6.23 Å². The van der Waals surface area contributed by atoms with Crippen LogP contribution in [0.1, 0.15) is 52.3 Å². The summed E-state index contributed by atoms with van der Waals surface area (Å²) in [5.74, 6) is 0.606. The Bertz CT molecular complexity index is 1390. The van der Waals surface area contributed by atoms with Crippen LogP contribution in [0.25, 0.3) is 33.8 Å². The van der Waals surface area contributed by atoms with E-state index in [9.17, 15) is 5.11 Å². The zero-order chi connectivity index (χ0) is 28.9. The number of aliphatic hydroxyl groups is 1. The van der Waals surface area contributed by atoms with Gasteiger partial charge in [0.2, 0.25) is 0 Å². The Kier molecular flexibility index (Phi) is 9.79. The Balaban J connectivity index is 1.79. The lowest BCUT2D eigenvalue weighted by Crippen LogP contribution is -2.38. The number of ether oxygens (including phenoxy) is 1. The largest absolute Gasteiger partial charge is 0.390 e. The number of aryl methyl sites for hydroxylation is 1. The molecular weight excluding hydrogens is 524 g/mol. The fourth-order valence-corrected chi connectivity index (χ4v) is 5.36. The van der Waals surface area contributed by atoms with Gasteiger partial charge in [-0.3, -0.25) is 9.58 Å². The molecule has 0 aliphatic carbocycles. The van der Waals surface area contributed by atoms with Crippen LogP contribution in [0, 0.1) is 6.92 Å². The Morgan fingerprint density at radius 2 is 1.80 bits per heavy atom. The molecule has 0 aliphatic rings. The third-order valence-corrected chi connectivity index (χ3v) is 7.77. The van der Waals surface area contributed by atoms with Crippen LogP contribution in [0.2, 0.25) is 5.02 Å². The van der Waals surface area contributed by atoms with E-state index in [2.05, 4.69) is 44.9 Å². The monoisotopic (exact) mass is 564 g/mol. The molecule has 0 saturated heterocycles. The lowest BCUT2D eigenvalue weighted by atomic mass is 9.97. The third kappa shape index (κ3) is 6.63. The van der Waals surface area contributed by atoms with E-state index >= 15 is 0 Å². The van der Waals surface area contributed by atoms with Crippen LogP contribution in [0.3, 0.4) is 0 Å². The van der Waals surface area contributed by atoms with Crippen LogP contribution in [0.4, 0.5) is 0 Å². The van der Waals surface area contributed by atoms with Crippen LogP contribution >= 0.6 is 11.6 Å². The number of rotatable bonds is 13. The molecule has 1 atom stereocenters. The van der Waals surface area contributed by atoms with Gasteiger partial charge in [-0.05, 0) is 58.8 Å². The van der Waals surface area contributed by atoms with Crippen molar-refractivity contribution in [3.63, 3.8) is 0 Å². The van der Waals surface area contributed by atoms with Crippen LogP contribution in [-0.2, 0) is 17.7 Å². The molecule has 214 valence electrons. The molecule has 0 radical (unpaired) electrons. The zero-order valence-electron chi connectivity index (χ0n) is 24.4. The highest BCUT2D eigenvalue weighted by Gasteiger charge is 2.25. The summed E-state index contributed by atoms with van der Waals surface area (Å²) >= 11 is 7.14. The summed E-state index contributed by atoms with van der Waals surface area (Å²) in [6, 6.07) is 7.97. The summed E-state index contributed by atoms with van der Waals surface area (Å²) in [5.41, 5.74) is 5.79. The Hall–Kier alpha value is -3.04. The van der Waals surface area contributed by atoms with E-state index in [1.807, 2.05) is 63.0 Å². The van der Waals surface area contributed by atoms with E-state index in [0.29, 0.717) is 36.8 Å². The van der Waals surface area contributed by atoms with E-state index in [1.165, 1.54) is 0 Å². The molecule has 9 heteroatoms. The fourth-order valence-electron chi connectivity index (χ4n) is 5.06. The molecule has 3 heterocycles. The molecule has 0 fully saturated rings. The van der Waals surface area contributed by atoms with Crippen LogP contribution in [-0.4, -0.2) is 66.3 Å². The van der Waals surface area contributed by atoms with Gasteiger partial charge in [-0.15, -0.1) is 0 Å². The number of likely N-dealkylation sites (N-methyl/N-ethyl adjacent to an activating group) is 1. The molecule has 0 saturated carbocycles. The molecular formula is C31H41ClN6O2. The SMILES string of the molecule is CCOC(Cc1cccc(-c2c[nH]c(-c3cnn(CCC(C)(C)O)c3C)c2-c2ncccn2)c1Cl)N(CC)CC. The number of hydrogen-bond donors (Lipinski definition) is 2. The van der Waals surface area contributed by atoms with Gasteiger partial charge in [0, 0.05) is 60.5 Å². The van der Waals surface area contributed by atoms with E-state index in [1.54, 1.807) is 12.4 Å². The number of H-pyrrole nitrogens is 1. The number of aromatic nitrogens is 5. The minimum atomic E-state index is -0.768. The van der Waals surface area contributed by atoms with Crippen molar-refractivity contribution >= 4 is 11.6 Å². The van der Waals surface area contributed by atoms with Crippen molar-refractivity contribution in [2.75, 3.05) is 19.7 Å². The third-order valence-electron chi connectivity index (χ3n) is 7.32. The molecule has 40 heavy (non-hydrogen) atoms. The molecule has 2 N–H and O–H groups in total. The summed E-state index contributed by atoms with van der Waals surface area (Å²) in [7, 11) is 0. The highest BCUT2D eigenvalue weighted by Crippen LogP contribution is 2.42. The smallest absolute Gasteiger partial charge is 0.161 e. The van der Waals surface area contributed by atoms with Gasteiger partial charge in [0.1, 0.15) is 6.23 Å². The average Bonchev–Trinajstić information content (AvgIpc) is 3.52. The lowest BCUT2D eigenvalue weighted by molar-refractivity contribution is -0.0492. The van der Waals surface area contributed by atoms with Gasteiger partial charge >= 0.3 is 0 Å². The van der Waals surface area contributed by atoms with Crippen molar-refractivity contribution < 1.29 is 9.84 Å². The van der Waals surface area contributed by atoms with Gasteiger partial charge in [-0.25, -0.2) is 9.97 Å². The number of halogens is 1. The van der Waals surface area contributed by atoms with Crippen molar-refractivity contribution in [2.45, 2.75) is 72.8 Å². The molecule has 0 bridgehead atoms. The molecule has 4 rings (SSSR count). The molecule has 0 amide bonds. The molecule has 0 spiro atoms. The van der Waals surface area contributed by atoms with Crippen molar-refractivity contribution in [3.8, 4) is 33.8 Å². The number of benzene rings is 1. The highest BCUT2D eigenvalue weighted by atomic mass is 35.5. The standard InChI is InChI=1S/C31H41ClN6O2/c1-7-37(8-2)26(40-9-3)18-22-12-10-13-23(28(22)32)25-19-35-29(27(25)30-33-15-11-16-34-30)24-20-36-38(21(24)4)17-14-31(5,6)39/h10-13,15-16,19-20,26,35,39H,7-9,14,17-18H2,1-6H3. The number of aromatic amines is 1. The summed E-state index contributed by atoms with van der Waals surface area (Å²) in [6.45, 7) is 15.0. The summed E-state index contributed by atoms with van der Waals surface area (Å²) in [5, 5.41) is 15.5. The van der Waals surface area contributed by atoms with E-state index in [4.69, 9.17) is 16.3 Å². The predicted molar refractivity (Wildman–Crippen MR) is 161 cm³/mol. The zero-order valence-corrected chi connectivity index (χ0v) is 25.2. The van der Waals surface area contributed by atoms with E-state index < -0.39 is 5.60 Å². The summed E-state index contributed by atoms with van der Waals surface area (Å²) < 4.78 is 8.05. The predicted octanol–water partition coefficient (Wildman–Crippen LogP) is 6.37. The molecule has 4 aromatic rings. The number of nitrogens with zero attached hydrogens (tertiary/aromatic N) is 5. The van der Waals surface area contributed by atoms with Crippen LogP contribution < -0.4 is 0 Å². The normalized spacial score (nSPS) is 12.8. The maximum absolute atomic E-state index is 10.2. The van der Waals surface area contributed by atoms with Crippen molar-refractivity contribution in [1.29, 1.82) is 0 Å². The fraction of sp³-hybridized carbons (Fsp3) is 0.452. The highest BCUT2D eigenvalue weighted by molar-refractivity contribution is 6.34. The second-order valence-corrected chi connectivity index (χ2v) is 10.9. The Morgan fingerprint density at radius 3 is 2.45 bits per heavy atom. The first-order chi connectivity index (χ1) is 19.2. The molecule has 0 aliphatic heterocycles. The quantitative estimate of drug-likeness (QED) is 0.183. The molecule has 1 aromatic carbocycles. The van der Waals surface area contributed by atoms with Gasteiger partial charge in [0.15, 0.2) is 5.82 Å². The topological polar surface area (TPSA) is 92.1 Å². The minimum absolute atomic E-state index is 0.0520. The van der Waals surface area contributed by atoms with Gasteiger partial charge in [0.05, 0.1) is 28.1 Å². The number of nitrogens with one attached hydrogen (secondary N) is 1. The second-order valence-electron chi connectivity index (χ2n) is 10.6. The van der Waals surface area contributed by atoms with Crippen LogP contribution in [0.15, 0.2) is 49.1 Å². The van der Waals surface area contributed by atoms with Gasteiger partial charge in [-0.1, -0.05) is 43.6 Å². The molecule has 1 unspecified atom stereocenters. The van der Waals surface area contributed by atoms with Crippen molar-refractivity contribution in [2.24, 2.45) is 0 Å². The lowest BCUT2D eigenvalue weighted by Gasteiger charge is -2.29. The molecule has 8 nitrogen and oxygen atoms in total. The van der Waals surface area contributed by atoms with Crippen LogP contribution in [0.5, 0.6) is 0 Å². The summed E-state index contributed by atoms with van der Waals surface area (Å²) in [6.07, 6.45) is 8.56. The molecule has 3 aromatic heterocycles. The first-order valence-corrected chi connectivity index (χ1v) is 14.4. The van der Waals surface area contributed by atoms with Gasteiger partial charge in [-0.2, -0.15) is 5.10 Å². The van der Waals surface area contributed by atoms with Gasteiger partial charge in [0.25, 0.3) is 0 Å². The first-order valence-electron chi connectivity index (χ1n) is 14.1. The minimum Gasteiger partial charge on any atom is -0.390 e. The number of hydrogen-bond acceptors (Lipinski definition) is 6. The van der Waals surface area contributed by atoms with Gasteiger partial charge < -0.3 is 14.8 Å². The maximum atomic E-state index is 10.2. The Labute approximate surface area is 242 Å². The average molecular weight is 565 g/mol. The first kappa shape index (κ1) is 29.9.